The van der Waals surface area contributed by atoms with Crippen molar-refractivity contribution in [3.63, 3.8) is 0 Å². The molecule has 0 aliphatic carbocycles. The molecule has 1 amide bonds. The first kappa shape index (κ1) is 22.5. The van der Waals surface area contributed by atoms with E-state index < -0.39 is 10.0 Å². The molecule has 3 aromatic carbocycles. The maximum absolute atomic E-state index is 12.6. The Balaban J connectivity index is 1.73. The van der Waals surface area contributed by atoms with Crippen molar-refractivity contribution in [2.75, 3.05) is 23.0 Å². The first-order valence-electron chi connectivity index (χ1n) is 9.79. The summed E-state index contributed by atoms with van der Waals surface area (Å²) in [5, 5.41) is 2.87. The number of ether oxygens (including phenoxy) is 1. The molecule has 1 N–H and O–H groups in total. The first-order chi connectivity index (χ1) is 14.8. The Bertz CT molecular complexity index is 1140. The first-order valence-corrected chi connectivity index (χ1v) is 11.6. The third-order valence-corrected chi connectivity index (χ3v) is 5.90. The number of hydrogen-bond donors (Lipinski definition) is 1. The predicted molar refractivity (Wildman–Crippen MR) is 124 cm³/mol. The number of benzene rings is 3. The highest BCUT2D eigenvalue weighted by molar-refractivity contribution is 7.92. The van der Waals surface area contributed by atoms with Gasteiger partial charge in [-0.25, -0.2) is 8.42 Å². The summed E-state index contributed by atoms with van der Waals surface area (Å²) in [6.07, 6.45) is 1.19. The lowest BCUT2D eigenvalue weighted by atomic mass is 10.1. The molecule has 31 heavy (non-hydrogen) atoms. The van der Waals surface area contributed by atoms with Crippen molar-refractivity contribution in [2.24, 2.45) is 0 Å². The van der Waals surface area contributed by atoms with Crippen LogP contribution >= 0.6 is 0 Å². The van der Waals surface area contributed by atoms with Crippen LogP contribution in [0.25, 0.3) is 0 Å². The lowest BCUT2D eigenvalue weighted by Crippen LogP contribution is -2.29. The summed E-state index contributed by atoms with van der Waals surface area (Å²) >= 11 is 0. The van der Waals surface area contributed by atoms with Crippen LogP contribution in [-0.4, -0.2) is 27.7 Å². The van der Waals surface area contributed by atoms with Gasteiger partial charge in [0.25, 0.3) is 5.91 Å². The molecule has 3 aromatic rings. The van der Waals surface area contributed by atoms with Crippen LogP contribution in [0.4, 0.5) is 11.4 Å². The zero-order valence-electron chi connectivity index (χ0n) is 17.8. The van der Waals surface area contributed by atoms with E-state index in [1.165, 1.54) is 10.6 Å². The van der Waals surface area contributed by atoms with Crippen LogP contribution in [0, 0.1) is 6.92 Å². The van der Waals surface area contributed by atoms with E-state index in [2.05, 4.69) is 5.32 Å². The molecule has 0 atom stereocenters. The number of amides is 1. The SMILES string of the molecule is COCc1cccc(NC(=O)c2ccc(CN(c3ccc(C)cc3)S(C)(=O)=O)cc2)c1. The average molecular weight is 439 g/mol. The summed E-state index contributed by atoms with van der Waals surface area (Å²) in [6, 6.07) is 21.7. The van der Waals surface area contributed by atoms with Gasteiger partial charge in [0.05, 0.1) is 25.1 Å². The molecule has 0 aliphatic rings. The van der Waals surface area contributed by atoms with Gasteiger partial charge in [-0.2, -0.15) is 0 Å². The zero-order valence-corrected chi connectivity index (χ0v) is 18.6. The summed E-state index contributed by atoms with van der Waals surface area (Å²) in [5.74, 6) is -0.236. The molecule has 0 unspecified atom stereocenters. The number of aryl methyl sites for hydroxylation is 1. The lowest BCUT2D eigenvalue weighted by Gasteiger charge is -2.22. The highest BCUT2D eigenvalue weighted by Gasteiger charge is 2.18. The molecule has 0 saturated carbocycles. The Kier molecular flexibility index (Phi) is 7.09. The number of hydrogen-bond acceptors (Lipinski definition) is 4. The van der Waals surface area contributed by atoms with Gasteiger partial charge in [-0.15, -0.1) is 0 Å². The zero-order chi connectivity index (χ0) is 22.4. The largest absolute Gasteiger partial charge is 0.380 e. The van der Waals surface area contributed by atoms with Gasteiger partial charge in [-0.3, -0.25) is 9.10 Å². The molecule has 0 fully saturated rings. The van der Waals surface area contributed by atoms with Crippen LogP contribution in [0.15, 0.2) is 72.8 Å². The molecule has 0 aliphatic heterocycles. The molecule has 0 bridgehead atoms. The summed E-state index contributed by atoms with van der Waals surface area (Å²) in [5.41, 5.74) is 4.58. The fraction of sp³-hybridized carbons (Fsp3) is 0.208. The second-order valence-electron chi connectivity index (χ2n) is 7.39. The minimum absolute atomic E-state index is 0.183. The van der Waals surface area contributed by atoms with E-state index in [1.54, 1.807) is 43.5 Å². The predicted octanol–water partition coefficient (Wildman–Crippen LogP) is 4.36. The number of carbonyl (C=O) groups excluding carboxylic acids is 1. The van der Waals surface area contributed by atoms with Gasteiger partial charge in [0.2, 0.25) is 10.0 Å². The van der Waals surface area contributed by atoms with Crippen LogP contribution in [0.1, 0.15) is 27.0 Å². The van der Waals surface area contributed by atoms with Crippen LogP contribution in [0.2, 0.25) is 0 Å². The highest BCUT2D eigenvalue weighted by atomic mass is 32.2. The average Bonchev–Trinajstić information content (AvgIpc) is 2.73. The third-order valence-electron chi connectivity index (χ3n) is 4.76. The Hall–Kier alpha value is -3.16. The van der Waals surface area contributed by atoms with E-state index in [9.17, 15) is 13.2 Å². The second-order valence-corrected chi connectivity index (χ2v) is 9.30. The number of anilines is 2. The van der Waals surface area contributed by atoms with Crippen molar-refractivity contribution in [2.45, 2.75) is 20.1 Å². The fourth-order valence-electron chi connectivity index (χ4n) is 3.15. The summed E-state index contributed by atoms with van der Waals surface area (Å²) in [7, 11) is -1.84. The van der Waals surface area contributed by atoms with Crippen molar-refractivity contribution in [3.8, 4) is 0 Å². The van der Waals surface area contributed by atoms with E-state index in [1.807, 2.05) is 43.3 Å². The maximum atomic E-state index is 12.6. The Labute approximate surface area is 183 Å². The van der Waals surface area contributed by atoms with Crippen molar-refractivity contribution >= 4 is 27.3 Å². The minimum Gasteiger partial charge on any atom is -0.380 e. The number of nitrogens with zero attached hydrogens (tertiary/aromatic N) is 1. The van der Waals surface area contributed by atoms with Crippen LogP contribution in [0.5, 0.6) is 0 Å². The second kappa shape index (κ2) is 9.76. The van der Waals surface area contributed by atoms with Gasteiger partial charge in [-0.05, 0) is 54.4 Å². The van der Waals surface area contributed by atoms with Crippen LogP contribution in [-0.2, 0) is 27.9 Å². The number of carbonyl (C=O) groups is 1. The fourth-order valence-corrected chi connectivity index (χ4v) is 4.04. The van der Waals surface area contributed by atoms with E-state index >= 15 is 0 Å². The molecular weight excluding hydrogens is 412 g/mol. The standard InChI is InChI=1S/C24H26N2O4S/c1-18-7-13-23(14-8-18)26(31(3,28)29)16-19-9-11-21(12-10-19)24(27)25-22-6-4-5-20(15-22)17-30-2/h4-15H,16-17H2,1-3H3,(H,25,27). The third kappa shape index (κ3) is 6.16. The lowest BCUT2D eigenvalue weighted by molar-refractivity contribution is 0.102. The molecule has 0 aromatic heterocycles. The normalized spacial score (nSPS) is 11.2. The van der Waals surface area contributed by atoms with Gasteiger partial charge in [0.1, 0.15) is 0 Å². The van der Waals surface area contributed by atoms with E-state index in [0.717, 1.165) is 16.7 Å². The molecule has 6 nitrogen and oxygen atoms in total. The molecule has 0 saturated heterocycles. The summed E-state index contributed by atoms with van der Waals surface area (Å²) in [4.78, 5) is 12.6. The van der Waals surface area contributed by atoms with E-state index in [4.69, 9.17) is 4.74 Å². The number of rotatable bonds is 8. The quantitative estimate of drug-likeness (QED) is 0.567. The topological polar surface area (TPSA) is 75.7 Å². The Morgan fingerprint density at radius 3 is 2.26 bits per heavy atom. The maximum Gasteiger partial charge on any atom is 0.255 e. The summed E-state index contributed by atoms with van der Waals surface area (Å²) < 4.78 is 31.1. The van der Waals surface area contributed by atoms with Crippen molar-refractivity contribution in [3.05, 3.63) is 95.1 Å². The smallest absolute Gasteiger partial charge is 0.255 e. The minimum atomic E-state index is -3.46. The van der Waals surface area contributed by atoms with Crippen LogP contribution in [0.3, 0.4) is 0 Å². The van der Waals surface area contributed by atoms with Gasteiger partial charge in [0, 0.05) is 18.4 Å². The van der Waals surface area contributed by atoms with Gasteiger partial charge in [0.15, 0.2) is 0 Å². The van der Waals surface area contributed by atoms with Crippen LogP contribution < -0.4 is 9.62 Å². The van der Waals surface area contributed by atoms with Crippen molar-refractivity contribution in [1.29, 1.82) is 0 Å². The monoisotopic (exact) mass is 438 g/mol. The Morgan fingerprint density at radius 2 is 1.65 bits per heavy atom. The molecule has 3 rings (SSSR count). The van der Waals surface area contributed by atoms with E-state index in [0.29, 0.717) is 23.5 Å². The molecule has 0 radical (unpaired) electrons. The number of methoxy groups -OCH3 is 1. The van der Waals surface area contributed by atoms with Crippen molar-refractivity contribution < 1.29 is 17.9 Å². The molecule has 0 heterocycles. The van der Waals surface area contributed by atoms with Gasteiger partial charge >= 0.3 is 0 Å². The molecular formula is C24H26N2O4S. The molecule has 7 heteroatoms. The van der Waals surface area contributed by atoms with E-state index in [-0.39, 0.29) is 12.5 Å². The van der Waals surface area contributed by atoms with Gasteiger partial charge < -0.3 is 10.1 Å². The Morgan fingerprint density at radius 1 is 0.968 bits per heavy atom. The number of sulfonamides is 1. The highest BCUT2D eigenvalue weighted by Crippen LogP contribution is 2.21. The summed E-state index contributed by atoms with van der Waals surface area (Å²) in [6.45, 7) is 2.60. The molecule has 162 valence electrons. The van der Waals surface area contributed by atoms with Gasteiger partial charge in [-0.1, -0.05) is 42.0 Å². The molecule has 0 spiro atoms. The number of nitrogens with one attached hydrogen (secondary N) is 1. The van der Waals surface area contributed by atoms with Crippen molar-refractivity contribution in [1.82, 2.24) is 0 Å².